The normalized spacial score (nSPS) is 20.9. The fraction of sp³-hybridized carbons (Fsp3) is 0.429. The van der Waals surface area contributed by atoms with Crippen LogP contribution in [0, 0.1) is 0 Å². The Morgan fingerprint density at radius 1 is 1.30 bits per heavy atom. The molecule has 4 heterocycles. The van der Waals surface area contributed by atoms with E-state index in [0.717, 1.165) is 54.4 Å². The van der Waals surface area contributed by atoms with E-state index in [0.29, 0.717) is 31.2 Å². The first-order valence-electron chi connectivity index (χ1n) is 10.3. The Hall–Kier alpha value is -3.36. The fourth-order valence-corrected chi connectivity index (χ4v) is 3.92. The number of hydrogen-bond acceptors (Lipinski definition) is 6. The van der Waals surface area contributed by atoms with Gasteiger partial charge >= 0.3 is 0 Å². The molecule has 0 bridgehead atoms. The zero-order chi connectivity index (χ0) is 20.8. The predicted molar refractivity (Wildman–Crippen MR) is 114 cm³/mol. The van der Waals surface area contributed by atoms with E-state index in [4.69, 9.17) is 4.98 Å². The van der Waals surface area contributed by atoms with E-state index >= 15 is 0 Å². The van der Waals surface area contributed by atoms with Gasteiger partial charge in [-0.15, -0.1) is 0 Å². The van der Waals surface area contributed by atoms with Crippen LogP contribution in [0.4, 0.5) is 11.6 Å². The molecule has 2 aromatic heterocycles. The van der Waals surface area contributed by atoms with Gasteiger partial charge in [0.2, 0.25) is 11.8 Å². The first-order chi connectivity index (χ1) is 14.5. The number of carbonyl (C=O) groups is 2. The number of hydrogen-bond donors (Lipinski definition) is 2. The van der Waals surface area contributed by atoms with Gasteiger partial charge in [-0.1, -0.05) is 6.58 Å². The highest BCUT2D eigenvalue weighted by Gasteiger charge is 2.26. The minimum Gasteiger partial charge on any atom is -0.367 e. The van der Waals surface area contributed by atoms with Crippen LogP contribution in [0.1, 0.15) is 31.7 Å². The molecule has 0 spiro atoms. The molecule has 30 heavy (non-hydrogen) atoms. The Kier molecular flexibility index (Phi) is 4.45. The Morgan fingerprint density at radius 3 is 2.70 bits per heavy atom. The molecule has 9 heteroatoms. The summed E-state index contributed by atoms with van der Waals surface area (Å²) in [5, 5.41) is 10.8. The van der Waals surface area contributed by atoms with Crippen LogP contribution in [-0.2, 0) is 9.59 Å². The summed E-state index contributed by atoms with van der Waals surface area (Å²) in [6.07, 6.45) is 6.34. The molecule has 2 amide bonds. The second kappa shape index (κ2) is 7.16. The average molecular weight is 407 g/mol. The van der Waals surface area contributed by atoms with Crippen molar-refractivity contribution in [1.29, 1.82) is 0 Å². The largest absolute Gasteiger partial charge is 0.367 e. The van der Waals surface area contributed by atoms with Crippen LogP contribution in [-0.4, -0.2) is 63.5 Å². The molecule has 156 valence electrons. The summed E-state index contributed by atoms with van der Waals surface area (Å²) in [6.45, 7) is 8.40. The van der Waals surface area contributed by atoms with Gasteiger partial charge < -0.3 is 20.4 Å². The van der Waals surface area contributed by atoms with Crippen LogP contribution in [0.3, 0.4) is 0 Å². The van der Waals surface area contributed by atoms with Crippen LogP contribution in [0.25, 0.3) is 11.7 Å². The quantitative estimate of drug-likeness (QED) is 0.795. The molecule has 3 fully saturated rings. The molecule has 0 atom stereocenters. The monoisotopic (exact) mass is 407 g/mol. The lowest BCUT2D eigenvalue weighted by atomic mass is 10.1. The Bertz CT molecular complexity index is 1070. The van der Waals surface area contributed by atoms with Crippen molar-refractivity contribution in [2.45, 2.75) is 32.2 Å². The van der Waals surface area contributed by atoms with Crippen molar-refractivity contribution in [3.63, 3.8) is 0 Å². The predicted octanol–water partition coefficient (Wildman–Crippen LogP) is 1.39. The molecule has 5 rings (SSSR count). The highest BCUT2D eigenvalue weighted by molar-refractivity contribution is 5.89. The number of anilines is 2. The second-order valence-corrected chi connectivity index (χ2v) is 8.12. The molecule has 3 aliphatic rings. The second-order valence-electron chi connectivity index (χ2n) is 8.12. The molecule has 2 aliphatic heterocycles. The number of rotatable bonds is 4. The van der Waals surface area contributed by atoms with Crippen molar-refractivity contribution < 1.29 is 9.59 Å². The highest BCUT2D eigenvalue weighted by atomic mass is 16.2. The first-order valence-corrected chi connectivity index (χ1v) is 10.3. The van der Waals surface area contributed by atoms with Crippen molar-refractivity contribution >= 4 is 35.2 Å². The van der Waals surface area contributed by atoms with Crippen LogP contribution < -0.4 is 15.5 Å². The minimum atomic E-state index is -0.0456. The maximum absolute atomic E-state index is 11.7. The number of fused-ring (bicyclic) bond motifs is 1. The van der Waals surface area contributed by atoms with Gasteiger partial charge in [0, 0.05) is 56.5 Å². The molecule has 1 aliphatic carbocycles. The van der Waals surface area contributed by atoms with E-state index in [1.165, 1.54) is 0 Å². The van der Waals surface area contributed by atoms with E-state index < -0.39 is 0 Å². The van der Waals surface area contributed by atoms with Gasteiger partial charge in [0.05, 0.1) is 12.6 Å². The molecule has 0 unspecified atom stereocenters. The fourth-order valence-electron chi connectivity index (χ4n) is 3.92. The molecule has 1 saturated carbocycles. The summed E-state index contributed by atoms with van der Waals surface area (Å²) >= 11 is 0. The van der Waals surface area contributed by atoms with Crippen molar-refractivity contribution in [3.8, 4) is 0 Å². The molecular formula is C21H25N7O2. The average Bonchev–Trinajstić information content (AvgIpc) is 3.36. The number of allylic oxidation sites excluding steroid dienone is 1. The van der Waals surface area contributed by atoms with E-state index in [2.05, 4.69) is 27.2 Å². The number of nitrogens with zero attached hydrogens (tertiary/aromatic N) is 5. The highest BCUT2D eigenvalue weighted by Crippen LogP contribution is 2.30. The zero-order valence-electron chi connectivity index (χ0n) is 17.0. The number of carbonyl (C=O) groups excluding carboxylic acids is 2. The van der Waals surface area contributed by atoms with Crippen LogP contribution in [0.2, 0.25) is 0 Å². The van der Waals surface area contributed by atoms with Gasteiger partial charge in [0.1, 0.15) is 11.6 Å². The molecular weight excluding hydrogens is 382 g/mol. The number of nitrogens with one attached hydrogen (secondary N) is 2. The lowest BCUT2D eigenvalue weighted by Crippen LogP contribution is -2.48. The van der Waals surface area contributed by atoms with Gasteiger partial charge in [-0.25, -0.2) is 4.98 Å². The number of piperazine rings is 1. The van der Waals surface area contributed by atoms with Crippen LogP contribution in [0.15, 0.2) is 30.1 Å². The van der Waals surface area contributed by atoms with Gasteiger partial charge in [-0.2, -0.15) is 9.61 Å². The third kappa shape index (κ3) is 3.51. The van der Waals surface area contributed by atoms with Gasteiger partial charge in [0.15, 0.2) is 5.65 Å². The van der Waals surface area contributed by atoms with E-state index in [9.17, 15) is 9.59 Å². The Balaban J connectivity index is 1.51. The maximum Gasteiger partial charge on any atom is 0.228 e. The maximum atomic E-state index is 11.7. The number of aromatic nitrogens is 3. The summed E-state index contributed by atoms with van der Waals surface area (Å²) in [5.74, 6) is 1.85. The Morgan fingerprint density at radius 2 is 2.07 bits per heavy atom. The summed E-state index contributed by atoms with van der Waals surface area (Å²) in [6, 6.07) is 2.51. The molecule has 2 aromatic rings. The van der Waals surface area contributed by atoms with Gasteiger partial charge in [-0.3, -0.25) is 9.59 Å². The smallest absolute Gasteiger partial charge is 0.228 e. The third-order valence-corrected chi connectivity index (χ3v) is 5.82. The van der Waals surface area contributed by atoms with E-state index in [1.54, 1.807) is 13.1 Å². The van der Waals surface area contributed by atoms with Crippen LogP contribution in [0.5, 0.6) is 0 Å². The van der Waals surface area contributed by atoms with Crippen molar-refractivity contribution in [1.82, 2.24) is 24.8 Å². The standard InChI is InChI=1S/C21H25N7O2/c1-13-15(10-20(30)23-13)9-16-12-22-28-19(24-17-3-4-17)11-18(25-21(16)28)27-7-5-26(6-8-27)14(2)29/h9,11-12,17,24H,1,3-8,10H2,2H3,(H,23,30)/b15-9+. The summed E-state index contributed by atoms with van der Waals surface area (Å²) in [7, 11) is 0. The molecule has 2 N–H and O–H groups in total. The first kappa shape index (κ1) is 18.7. The van der Waals surface area contributed by atoms with E-state index in [-0.39, 0.29) is 11.8 Å². The van der Waals surface area contributed by atoms with Crippen molar-refractivity contribution in [3.05, 3.63) is 35.7 Å². The van der Waals surface area contributed by atoms with Crippen LogP contribution >= 0.6 is 0 Å². The Labute approximate surface area is 174 Å². The lowest BCUT2D eigenvalue weighted by molar-refractivity contribution is -0.129. The van der Waals surface area contributed by atoms with E-state index in [1.807, 2.05) is 21.6 Å². The molecule has 0 radical (unpaired) electrons. The molecule has 2 saturated heterocycles. The van der Waals surface area contributed by atoms with Gasteiger partial charge in [-0.05, 0) is 24.5 Å². The molecule has 9 nitrogen and oxygen atoms in total. The summed E-state index contributed by atoms with van der Waals surface area (Å²) in [4.78, 5) is 32.3. The molecule has 0 aromatic carbocycles. The topological polar surface area (TPSA) is 94.9 Å². The zero-order valence-corrected chi connectivity index (χ0v) is 17.0. The van der Waals surface area contributed by atoms with Crippen molar-refractivity contribution in [2.24, 2.45) is 0 Å². The van der Waals surface area contributed by atoms with Crippen molar-refractivity contribution in [2.75, 3.05) is 36.4 Å². The lowest BCUT2D eigenvalue weighted by Gasteiger charge is -2.35. The summed E-state index contributed by atoms with van der Waals surface area (Å²) < 4.78 is 1.83. The number of amides is 2. The van der Waals surface area contributed by atoms with Gasteiger partial charge in [0.25, 0.3) is 0 Å². The SMILES string of the molecule is C=C1NC(=O)C/C1=C\c1cnn2c(NC3CC3)cc(N3CCN(C(C)=O)CC3)nc12. The third-order valence-electron chi connectivity index (χ3n) is 5.82. The summed E-state index contributed by atoms with van der Waals surface area (Å²) in [5.41, 5.74) is 3.08. The minimum absolute atomic E-state index is 0.0456.